The summed E-state index contributed by atoms with van der Waals surface area (Å²) in [5, 5.41) is 11.8. The predicted molar refractivity (Wildman–Crippen MR) is 130 cm³/mol. The zero-order valence-electron chi connectivity index (χ0n) is 19.3. The number of hydrogen-bond acceptors (Lipinski definition) is 4. The Morgan fingerprint density at radius 3 is 2.62 bits per heavy atom. The average Bonchev–Trinajstić information content (AvgIpc) is 3.41. The number of aryl methyl sites for hydroxylation is 1. The third-order valence-electron chi connectivity index (χ3n) is 6.05. The maximum Gasteiger partial charge on any atom is 0.191 e. The lowest BCUT2D eigenvalue weighted by molar-refractivity contribution is 0.415. The topological polar surface area (TPSA) is 66.7 Å². The van der Waals surface area contributed by atoms with Gasteiger partial charge in [0.05, 0.1) is 24.2 Å². The molecule has 3 aromatic rings. The van der Waals surface area contributed by atoms with E-state index in [1.165, 1.54) is 5.56 Å². The lowest BCUT2D eigenvalue weighted by atomic mass is 10.2. The van der Waals surface area contributed by atoms with Crippen molar-refractivity contribution in [3.8, 4) is 11.4 Å². The highest BCUT2D eigenvalue weighted by molar-refractivity contribution is 5.80. The van der Waals surface area contributed by atoms with Crippen LogP contribution in [0, 0.1) is 13.8 Å². The maximum absolute atomic E-state index is 5.53. The molecular weight excluding hydrogens is 400 g/mol. The third-order valence-corrected chi connectivity index (χ3v) is 6.05. The molecule has 1 atom stereocenters. The number of nitrogens with one attached hydrogen (secondary N) is 2. The molecule has 0 aliphatic carbocycles. The molecule has 0 saturated carbocycles. The minimum atomic E-state index is 0.320. The number of hydrogen-bond donors (Lipinski definition) is 2. The molecule has 168 valence electrons. The number of benzene rings is 2. The van der Waals surface area contributed by atoms with E-state index in [4.69, 9.17) is 9.84 Å². The Hall–Kier alpha value is -3.48. The van der Waals surface area contributed by atoms with Crippen LogP contribution < -0.4 is 20.3 Å². The molecule has 32 heavy (non-hydrogen) atoms. The van der Waals surface area contributed by atoms with Gasteiger partial charge in [-0.05, 0) is 44.5 Å². The van der Waals surface area contributed by atoms with Crippen molar-refractivity contribution >= 4 is 11.6 Å². The standard InChI is InChI=1S/C25H32N6O/c1-18-22(19(2)31(29-18)21-10-6-5-7-11-21)16-27-25(26-3)28-20-14-15-30(17-20)23-12-8-9-13-24(23)32-4/h5-13,20H,14-17H2,1-4H3,(H2,26,27,28). The fourth-order valence-corrected chi connectivity index (χ4v) is 4.30. The largest absolute Gasteiger partial charge is 0.495 e. The number of guanidine groups is 1. The summed E-state index contributed by atoms with van der Waals surface area (Å²) in [5.41, 5.74) is 5.57. The first kappa shape index (κ1) is 21.7. The highest BCUT2D eigenvalue weighted by Crippen LogP contribution is 2.30. The van der Waals surface area contributed by atoms with Gasteiger partial charge in [0.2, 0.25) is 0 Å². The van der Waals surface area contributed by atoms with E-state index in [0.29, 0.717) is 12.6 Å². The third kappa shape index (κ3) is 4.56. The Bertz CT molecular complexity index is 1080. The van der Waals surface area contributed by atoms with Crippen molar-refractivity contribution in [2.24, 2.45) is 4.99 Å². The first-order valence-corrected chi connectivity index (χ1v) is 11.1. The predicted octanol–water partition coefficient (Wildman–Crippen LogP) is 3.44. The zero-order chi connectivity index (χ0) is 22.5. The van der Waals surface area contributed by atoms with Gasteiger partial charge in [-0.3, -0.25) is 4.99 Å². The lowest BCUT2D eigenvalue weighted by Crippen LogP contribution is -2.44. The van der Waals surface area contributed by atoms with Crippen molar-refractivity contribution in [3.05, 3.63) is 71.5 Å². The van der Waals surface area contributed by atoms with Crippen LogP contribution in [0.15, 0.2) is 59.6 Å². The molecule has 1 aliphatic rings. The quantitative estimate of drug-likeness (QED) is 0.461. The maximum atomic E-state index is 5.53. The first-order chi connectivity index (χ1) is 15.6. The van der Waals surface area contributed by atoms with E-state index >= 15 is 0 Å². The molecule has 0 spiro atoms. The molecule has 1 unspecified atom stereocenters. The zero-order valence-corrected chi connectivity index (χ0v) is 19.3. The minimum Gasteiger partial charge on any atom is -0.495 e. The first-order valence-electron chi connectivity index (χ1n) is 11.1. The van der Waals surface area contributed by atoms with E-state index in [1.807, 2.05) is 42.1 Å². The highest BCUT2D eigenvalue weighted by atomic mass is 16.5. The van der Waals surface area contributed by atoms with Crippen LogP contribution in [0.25, 0.3) is 5.69 Å². The molecule has 0 bridgehead atoms. The second-order valence-electron chi connectivity index (χ2n) is 8.07. The number of anilines is 1. The van der Waals surface area contributed by atoms with Crippen LogP contribution in [0.4, 0.5) is 5.69 Å². The van der Waals surface area contributed by atoms with Crippen LogP contribution in [-0.4, -0.2) is 49.0 Å². The van der Waals surface area contributed by atoms with E-state index < -0.39 is 0 Å². The molecule has 7 nitrogen and oxygen atoms in total. The molecule has 7 heteroatoms. The lowest BCUT2D eigenvalue weighted by Gasteiger charge is -2.22. The molecule has 2 aromatic carbocycles. The second-order valence-corrected chi connectivity index (χ2v) is 8.07. The van der Waals surface area contributed by atoms with Crippen molar-refractivity contribution in [3.63, 3.8) is 0 Å². The smallest absolute Gasteiger partial charge is 0.191 e. The Kier molecular flexibility index (Phi) is 6.63. The summed E-state index contributed by atoms with van der Waals surface area (Å²) in [5.74, 6) is 1.72. The van der Waals surface area contributed by atoms with E-state index in [0.717, 1.165) is 54.0 Å². The van der Waals surface area contributed by atoms with Crippen LogP contribution in [-0.2, 0) is 6.54 Å². The molecule has 2 N–H and O–H groups in total. The molecule has 1 fully saturated rings. The van der Waals surface area contributed by atoms with Crippen molar-refractivity contribution in [2.45, 2.75) is 32.9 Å². The van der Waals surface area contributed by atoms with Crippen LogP contribution in [0.3, 0.4) is 0 Å². The van der Waals surface area contributed by atoms with Crippen LogP contribution in [0.2, 0.25) is 0 Å². The number of aromatic nitrogens is 2. The van der Waals surface area contributed by atoms with Gasteiger partial charge in [-0.25, -0.2) is 4.68 Å². The average molecular weight is 433 g/mol. The van der Waals surface area contributed by atoms with Gasteiger partial charge in [-0.15, -0.1) is 0 Å². The molecule has 1 aliphatic heterocycles. The van der Waals surface area contributed by atoms with Gasteiger partial charge in [-0.2, -0.15) is 5.10 Å². The highest BCUT2D eigenvalue weighted by Gasteiger charge is 2.25. The molecule has 1 aromatic heterocycles. The number of ether oxygens (including phenoxy) is 1. The monoisotopic (exact) mass is 432 g/mol. The molecule has 1 saturated heterocycles. The number of rotatable bonds is 6. The SMILES string of the molecule is CN=C(NCc1c(C)nn(-c2ccccc2)c1C)NC1CCN(c2ccccc2OC)C1. The fraction of sp³-hybridized carbons (Fsp3) is 0.360. The summed E-state index contributed by atoms with van der Waals surface area (Å²) in [7, 11) is 3.54. The van der Waals surface area contributed by atoms with Crippen LogP contribution in [0.5, 0.6) is 5.75 Å². The van der Waals surface area contributed by atoms with E-state index in [1.54, 1.807) is 7.11 Å². The summed E-state index contributed by atoms with van der Waals surface area (Å²) in [4.78, 5) is 6.81. The van der Waals surface area contributed by atoms with Crippen molar-refractivity contribution in [1.82, 2.24) is 20.4 Å². The Labute approximate surface area is 190 Å². The number of nitrogens with zero attached hydrogens (tertiary/aromatic N) is 4. The van der Waals surface area contributed by atoms with Gasteiger partial charge in [0.25, 0.3) is 0 Å². The summed E-state index contributed by atoms with van der Waals surface area (Å²) in [6.07, 6.45) is 1.04. The van der Waals surface area contributed by atoms with Crippen molar-refractivity contribution in [2.75, 3.05) is 32.1 Å². The Balaban J connectivity index is 1.38. The van der Waals surface area contributed by atoms with E-state index in [9.17, 15) is 0 Å². The molecule has 0 radical (unpaired) electrons. The normalized spacial score (nSPS) is 16.3. The molecule has 4 rings (SSSR count). The van der Waals surface area contributed by atoms with Crippen molar-refractivity contribution in [1.29, 1.82) is 0 Å². The number of methoxy groups -OCH3 is 1. The molecule has 2 heterocycles. The summed E-state index contributed by atoms with van der Waals surface area (Å²) >= 11 is 0. The van der Waals surface area contributed by atoms with Gasteiger partial charge in [0.1, 0.15) is 5.75 Å². The Morgan fingerprint density at radius 2 is 1.88 bits per heavy atom. The van der Waals surface area contributed by atoms with Gasteiger partial charge < -0.3 is 20.3 Å². The Morgan fingerprint density at radius 1 is 1.12 bits per heavy atom. The fourth-order valence-electron chi connectivity index (χ4n) is 4.30. The number of para-hydroxylation sites is 3. The van der Waals surface area contributed by atoms with Gasteiger partial charge in [0, 0.05) is 44.0 Å². The summed E-state index contributed by atoms with van der Waals surface area (Å²) in [6, 6.07) is 18.7. The van der Waals surface area contributed by atoms with Crippen LogP contribution >= 0.6 is 0 Å². The van der Waals surface area contributed by atoms with Gasteiger partial charge >= 0.3 is 0 Å². The van der Waals surface area contributed by atoms with E-state index in [2.05, 4.69) is 58.6 Å². The number of aliphatic imine (C=N–C) groups is 1. The van der Waals surface area contributed by atoms with Gasteiger partial charge in [-0.1, -0.05) is 30.3 Å². The second kappa shape index (κ2) is 9.77. The summed E-state index contributed by atoms with van der Waals surface area (Å²) in [6.45, 7) is 6.74. The molecule has 0 amide bonds. The van der Waals surface area contributed by atoms with Crippen molar-refractivity contribution < 1.29 is 4.74 Å². The van der Waals surface area contributed by atoms with E-state index in [-0.39, 0.29) is 0 Å². The van der Waals surface area contributed by atoms with Crippen LogP contribution in [0.1, 0.15) is 23.4 Å². The van der Waals surface area contributed by atoms with Gasteiger partial charge in [0.15, 0.2) is 5.96 Å². The molecular formula is C25H32N6O. The summed E-state index contributed by atoms with van der Waals surface area (Å²) < 4.78 is 7.54. The minimum absolute atomic E-state index is 0.320.